The minimum absolute atomic E-state index is 0.102. The number of nitrogens with two attached hydrogens (primary N) is 1. The lowest BCUT2D eigenvalue weighted by Gasteiger charge is -2.08. The molecule has 110 valence electrons. The fourth-order valence-corrected chi connectivity index (χ4v) is 1.66. The van der Waals surface area contributed by atoms with Gasteiger partial charge in [0.05, 0.1) is 20.3 Å². The second-order valence-corrected chi connectivity index (χ2v) is 4.30. The maximum absolute atomic E-state index is 12.2. The zero-order chi connectivity index (χ0) is 15.4. The summed E-state index contributed by atoms with van der Waals surface area (Å²) in [6, 6.07) is 6.53. The van der Waals surface area contributed by atoms with Crippen LogP contribution in [0, 0.1) is 6.92 Å². The second-order valence-electron chi connectivity index (χ2n) is 4.30. The first kappa shape index (κ1) is 14.6. The molecule has 3 N–H and O–H groups in total. The molecule has 2 rings (SSSR count). The number of hydrogen-bond acceptors (Lipinski definition) is 6. The van der Waals surface area contributed by atoms with Crippen LogP contribution in [-0.4, -0.2) is 30.1 Å². The molecule has 0 unspecified atom stereocenters. The van der Waals surface area contributed by atoms with E-state index in [1.54, 1.807) is 18.2 Å². The first-order valence-corrected chi connectivity index (χ1v) is 6.18. The van der Waals surface area contributed by atoms with E-state index in [9.17, 15) is 4.79 Å². The second kappa shape index (κ2) is 6.08. The first-order valence-electron chi connectivity index (χ1n) is 6.18. The van der Waals surface area contributed by atoms with Crippen molar-refractivity contribution >= 4 is 17.5 Å². The van der Waals surface area contributed by atoms with Gasteiger partial charge in [-0.2, -0.15) is 9.97 Å². The molecule has 0 bridgehead atoms. The summed E-state index contributed by atoms with van der Waals surface area (Å²) in [6.45, 7) is 1.83. The van der Waals surface area contributed by atoms with Gasteiger partial charge in [0.25, 0.3) is 5.91 Å². The molecular weight excluding hydrogens is 272 g/mol. The van der Waals surface area contributed by atoms with E-state index in [2.05, 4.69) is 15.3 Å². The van der Waals surface area contributed by atoms with Crippen LogP contribution in [-0.2, 0) is 0 Å². The molecule has 0 fully saturated rings. The Kier molecular flexibility index (Phi) is 4.22. The zero-order valence-corrected chi connectivity index (χ0v) is 12.0. The third-order valence-electron chi connectivity index (χ3n) is 2.85. The van der Waals surface area contributed by atoms with Gasteiger partial charge in [0, 0.05) is 11.3 Å². The van der Waals surface area contributed by atoms with E-state index in [1.165, 1.54) is 20.3 Å². The highest BCUT2D eigenvalue weighted by Crippen LogP contribution is 2.18. The van der Waals surface area contributed by atoms with Gasteiger partial charge in [0.1, 0.15) is 0 Å². The van der Waals surface area contributed by atoms with Crippen molar-refractivity contribution in [2.24, 2.45) is 0 Å². The predicted molar refractivity (Wildman–Crippen MR) is 78.7 cm³/mol. The van der Waals surface area contributed by atoms with Crippen LogP contribution in [0.25, 0.3) is 0 Å². The van der Waals surface area contributed by atoms with E-state index in [-0.39, 0.29) is 11.9 Å². The van der Waals surface area contributed by atoms with Gasteiger partial charge in [0.2, 0.25) is 17.7 Å². The van der Waals surface area contributed by atoms with Crippen LogP contribution in [0.2, 0.25) is 0 Å². The highest BCUT2D eigenvalue weighted by Gasteiger charge is 2.11. The number of rotatable bonds is 4. The lowest BCUT2D eigenvalue weighted by molar-refractivity contribution is 0.102. The number of benzene rings is 1. The Balaban J connectivity index is 2.24. The van der Waals surface area contributed by atoms with Crippen molar-refractivity contribution < 1.29 is 14.3 Å². The Bertz CT molecular complexity index is 651. The Morgan fingerprint density at radius 2 is 1.76 bits per heavy atom. The van der Waals surface area contributed by atoms with Crippen molar-refractivity contribution in [1.82, 2.24) is 9.97 Å². The van der Waals surface area contributed by atoms with E-state index in [4.69, 9.17) is 15.2 Å². The summed E-state index contributed by atoms with van der Waals surface area (Å²) in [6.07, 6.45) is 0. The molecule has 0 saturated heterocycles. The molecule has 0 saturated carbocycles. The summed E-state index contributed by atoms with van der Waals surface area (Å²) in [5, 5.41) is 2.59. The number of carbonyl (C=O) groups excluding carboxylic acids is 1. The summed E-state index contributed by atoms with van der Waals surface area (Å²) >= 11 is 0. The van der Waals surface area contributed by atoms with Crippen LogP contribution < -0.4 is 20.5 Å². The number of carbonyl (C=O) groups is 1. The van der Waals surface area contributed by atoms with Gasteiger partial charge in [0.15, 0.2) is 0 Å². The fourth-order valence-electron chi connectivity index (χ4n) is 1.66. The summed E-state index contributed by atoms with van der Waals surface area (Å²) in [7, 11) is 2.94. The molecule has 0 aliphatic rings. The first-order chi connectivity index (χ1) is 10.0. The van der Waals surface area contributed by atoms with Gasteiger partial charge in [-0.25, -0.2) is 0 Å². The molecule has 1 heterocycles. The van der Waals surface area contributed by atoms with Crippen LogP contribution >= 0.6 is 0 Å². The molecule has 1 aromatic carbocycles. The standard InChI is InChI=1S/C14H16N4O3/c1-8-6-9(4-5-10(8)15)13(19)18-14-16-11(20-2)7-12(17-14)21-3/h4-7H,15H2,1-3H3,(H,16,17,18,19). The molecule has 1 aromatic heterocycles. The summed E-state index contributed by atoms with van der Waals surface area (Å²) in [5.74, 6) is 0.357. The minimum Gasteiger partial charge on any atom is -0.481 e. The van der Waals surface area contributed by atoms with Crippen LogP contribution in [0.4, 0.5) is 11.6 Å². The van der Waals surface area contributed by atoms with Gasteiger partial charge < -0.3 is 15.2 Å². The number of hydrogen-bond donors (Lipinski definition) is 2. The SMILES string of the molecule is COc1cc(OC)nc(NC(=O)c2ccc(N)c(C)c2)n1. The topological polar surface area (TPSA) is 99.4 Å². The quantitative estimate of drug-likeness (QED) is 0.830. The minimum atomic E-state index is -0.339. The Hall–Kier alpha value is -2.83. The molecule has 0 aliphatic heterocycles. The smallest absolute Gasteiger partial charge is 0.258 e. The van der Waals surface area contributed by atoms with Gasteiger partial charge in [-0.15, -0.1) is 0 Å². The Morgan fingerprint density at radius 3 is 2.29 bits per heavy atom. The molecule has 0 radical (unpaired) electrons. The average molecular weight is 288 g/mol. The summed E-state index contributed by atoms with van der Waals surface area (Å²) in [5.41, 5.74) is 7.65. The normalized spacial score (nSPS) is 10.0. The number of aryl methyl sites for hydroxylation is 1. The Morgan fingerprint density at radius 1 is 1.14 bits per heavy atom. The van der Waals surface area contributed by atoms with Gasteiger partial charge in [-0.1, -0.05) is 0 Å². The molecule has 21 heavy (non-hydrogen) atoms. The largest absolute Gasteiger partial charge is 0.481 e. The Labute approximate surface area is 122 Å². The van der Waals surface area contributed by atoms with Gasteiger partial charge in [-0.05, 0) is 30.7 Å². The lowest BCUT2D eigenvalue weighted by Crippen LogP contribution is -2.15. The maximum atomic E-state index is 12.2. The van der Waals surface area contributed by atoms with E-state index in [0.717, 1.165) is 5.56 Å². The third kappa shape index (κ3) is 3.38. The molecule has 0 atom stereocenters. The summed E-state index contributed by atoms with van der Waals surface area (Å²) in [4.78, 5) is 20.2. The summed E-state index contributed by atoms with van der Waals surface area (Å²) < 4.78 is 10.0. The maximum Gasteiger partial charge on any atom is 0.258 e. The van der Waals surface area contributed by atoms with Crippen molar-refractivity contribution in [2.45, 2.75) is 6.92 Å². The molecular formula is C14H16N4O3. The highest BCUT2D eigenvalue weighted by atomic mass is 16.5. The van der Waals surface area contributed by atoms with Crippen molar-refractivity contribution in [2.75, 3.05) is 25.3 Å². The molecule has 1 amide bonds. The fraction of sp³-hybridized carbons (Fsp3) is 0.214. The number of nitrogens with one attached hydrogen (secondary N) is 1. The molecule has 0 spiro atoms. The molecule has 7 heteroatoms. The van der Waals surface area contributed by atoms with Gasteiger partial charge >= 0.3 is 0 Å². The van der Waals surface area contributed by atoms with Crippen molar-refractivity contribution in [3.63, 3.8) is 0 Å². The van der Waals surface area contributed by atoms with E-state index >= 15 is 0 Å². The zero-order valence-electron chi connectivity index (χ0n) is 12.0. The number of amides is 1. The van der Waals surface area contributed by atoms with Crippen LogP contribution in [0.1, 0.15) is 15.9 Å². The number of aromatic nitrogens is 2. The van der Waals surface area contributed by atoms with Crippen molar-refractivity contribution in [3.05, 3.63) is 35.4 Å². The van der Waals surface area contributed by atoms with Crippen LogP contribution in [0.3, 0.4) is 0 Å². The van der Waals surface area contributed by atoms with E-state index in [1.807, 2.05) is 6.92 Å². The lowest BCUT2D eigenvalue weighted by atomic mass is 10.1. The molecule has 2 aromatic rings. The number of anilines is 2. The number of nitrogens with zero attached hydrogens (tertiary/aromatic N) is 2. The monoisotopic (exact) mass is 288 g/mol. The number of ether oxygens (including phenoxy) is 2. The van der Waals surface area contributed by atoms with Crippen LogP contribution in [0.15, 0.2) is 24.3 Å². The number of methoxy groups -OCH3 is 2. The molecule has 0 aliphatic carbocycles. The van der Waals surface area contributed by atoms with Crippen LogP contribution in [0.5, 0.6) is 11.8 Å². The van der Waals surface area contributed by atoms with E-state index < -0.39 is 0 Å². The third-order valence-corrected chi connectivity index (χ3v) is 2.85. The van der Waals surface area contributed by atoms with Crippen molar-refractivity contribution in [3.8, 4) is 11.8 Å². The van der Waals surface area contributed by atoms with Crippen molar-refractivity contribution in [1.29, 1.82) is 0 Å². The average Bonchev–Trinajstić information content (AvgIpc) is 2.49. The van der Waals surface area contributed by atoms with E-state index in [0.29, 0.717) is 23.0 Å². The highest BCUT2D eigenvalue weighted by molar-refractivity contribution is 6.03. The van der Waals surface area contributed by atoms with Gasteiger partial charge in [-0.3, -0.25) is 10.1 Å². The number of nitrogen functional groups attached to an aromatic ring is 1. The predicted octanol–water partition coefficient (Wildman–Crippen LogP) is 1.64. The molecule has 7 nitrogen and oxygen atoms in total.